The van der Waals surface area contributed by atoms with Crippen molar-refractivity contribution in [1.29, 1.82) is 0 Å². The van der Waals surface area contributed by atoms with Gasteiger partial charge in [-0.15, -0.1) is 11.3 Å². The number of hydrogen-bond donors (Lipinski definition) is 1. The molecule has 1 aromatic heterocycles. The van der Waals surface area contributed by atoms with Crippen LogP contribution in [-0.2, 0) is 16.6 Å². The predicted octanol–water partition coefficient (Wildman–Crippen LogP) is 3.26. The largest absolute Gasteiger partial charge is 0.214 e. The number of hydrogen-bond acceptors (Lipinski definition) is 3. The van der Waals surface area contributed by atoms with Crippen LogP contribution in [0.2, 0.25) is 0 Å². The Balaban J connectivity index is 1.92. The Labute approximate surface area is 115 Å². The second-order valence-corrected chi connectivity index (χ2v) is 8.31. The summed E-state index contributed by atoms with van der Waals surface area (Å²) in [5.74, 6) is 0. The van der Waals surface area contributed by atoms with Gasteiger partial charge in [-0.3, -0.25) is 0 Å². The fraction of sp³-hybridized carbons (Fsp3) is 0.636. The van der Waals surface area contributed by atoms with E-state index in [0.29, 0.717) is 6.54 Å². The third kappa shape index (κ3) is 3.77. The lowest BCUT2D eigenvalue weighted by atomic mass is 10.0. The van der Waals surface area contributed by atoms with Crippen LogP contribution < -0.4 is 4.72 Å². The van der Waals surface area contributed by atoms with E-state index in [0.717, 1.165) is 35.0 Å². The molecule has 96 valence electrons. The summed E-state index contributed by atoms with van der Waals surface area (Å²) < 4.78 is 27.8. The van der Waals surface area contributed by atoms with Crippen LogP contribution in [0.15, 0.2) is 15.9 Å². The van der Waals surface area contributed by atoms with Gasteiger partial charge in [-0.2, -0.15) is 0 Å². The van der Waals surface area contributed by atoms with Crippen molar-refractivity contribution in [1.82, 2.24) is 4.72 Å². The summed E-state index contributed by atoms with van der Waals surface area (Å²) in [7, 11) is -3.13. The van der Waals surface area contributed by atoms with Gasteiger partial charge in [0.2, 0.25) is 10.0 Å². The van der Waals surface area contributed by atoms with E-state index >= 15 is 0 Å². The second kappa shape index (κ2) is 5.82. The Morgan fingerprint density at radius 1 is 1.35 bits per heavy atom. The van der Waals surface area contributed by atoms with Gasteiger partial charge >= 0.3 is 0 Å². The van der Waals surface area contributed by atoms with Crippen molar-refractivity contribution >= 4 is 37.3 Å². The molecule has 1 N–H and O–H groups in total. The molecule has 0 aromatic carbocycles. The van der Waals surface area contributed by atoms with Crippen LogP contribution >= 0.6 is 27.3 Å². The standard InChI is InChI=1S/C11H16BrNO2S2/c12-9-6-10(16-8-9)7-13-17(14,15)11-4-2-1-3-5-11/h6,8,11,13H,1-5,7H2. The van der Waals surface area contributed by atoms with Gasteiger partial charge in [0.05, 0.1) is 5.25 Å². The third-order valence-corrected chi connectivity index (χ3v) is 6.65. The zero-order chi connectivity index (χ0) is 12.3. The van der Waals surface area contributed by atoms with Gasteiger partial charge < -0.3 is 0 Å². The molecule has 0 saturated heterocycles. The fourth-order valence-corrected chi connectivity index (χ4v) is 5.14. The van der Waals surface area contributed by atoms with Gasteiger partial charge in [0, 0.05) is 21.3 Å². The van der Waals surface area contributed by atoms with Gasteiger partial charge in [-0.05, 0) is 34.8 Å². The molecule has 6 heteroatoms. The second-order valence-electron chi connectivity index (χ2n) is 4.36. The minimum absolute atomic E-state index is 0.181. The van der Waals surface area contributed by atoms with Crippen molar-refractivity contribution in [3.8, 4) is 0 Å². The maximum atomic E-state index is 12.0. The minimum atomic E-state index is -3.13. The molecule has 0 atom stereocenters. The SMILES string of the molecule is O=S(=O)(NCc1cc(Br)cs1)C1CCCCC1. The molecule has 0 aliphatic heterocycles. The molecule has 1 aliphatic carbocycles. The van der Waals surface area contributed by atoms with Crippen LogP contribution in [-0.4, -0.2) is 13.7 Å². The molecule has 2 rings (SSSR count). The molecule has 0 spiro atoms. The molecule has 0 amide bonds. The zero-order valence-electron chi connectivity index (χ0n) is 9.49. The Morgan fingerprint density at radius 2 is 2.06 bits per heavy atom. The highest BCUT2D eigenvalue weighted by Gasteiger charge is 2.26. The number of sulfonamides is 1. The lowest BCUT2D eigenvalue weighted by Crippen LogP contribution is -2.35. The Morgan fingerprint density at radius 3 is 2.65 bits per heavy atom. The Kier molecular flexibility index (Phi) is 4.63. The average molecular weight is 338 g/mol. The number of halogens is 1. The topological polar surface area (TPSA) is 46.2 Å². The molecule has 0 bridgehead atoms. The average Bonchev–Trinajstić information content (AvgIpc) is 2.74. The van der Waals surface area contributed by atoms with Crippen molar-refractivity contribution < 1.29 is 8.42 Å². The lowest BCUT2D eigenvalue weighted by Gasteiger charge is -2.21. The highest BCUT2D eigenvalue weighted by atomic mass is 79.9. The van der Waals surface area contributed by atoms with Gasteiger partial charge in [0.25, 0.3) is 0 Å². The van der Waals surface area contributed by atoms with Crippen molar-refractivity contribution in [2.45, 2.75) is 43.9 Å². The fourth-order valence-electron chi connectivity index (χ4n) is 2.11. The summed E-state index contributed by atoms with van der Waals surface area (Å²) in [6, 6.07) is 1.95. The first-order chi connectivity index (χ1) is 8.08. The van der Waals surface area contributed by atoms with Crippen LogP contribution in [0.1, 0.15) is 37.0 Å². The van der Waals surface area contributed by atoms with Gasteiger partial charge in [-0.25, -0.2) is 13.1 Å². The first-order valence-electron chi connectivity index (χ1n) is 5.79. The maximum absolute atomic E-state index is 12.0. The first kappa shape index (κ1) is 13.5. The summed E-state index contributed by atoms with van der Waals surface area (Å²) in [6.45, 7) is 0.412. The molecule has 1 fully saturated rings. The summed E-state index contributed by atoms with van der Waals surface area (Å²) in [4.78, 5) is 1.04. The van der Waals surface area contributed by atoms with Crippen LogP contribution in [0.3, 0.4) is 0 Å². The summed E-state index contributed by atoms with van der Waals surface area (Å²) in [6.07, 6.45) is 4.86. The van der Waals surface area contributed by atoms with E-state index in [9.17, 15) is 8.42 Å². The molecule has 17 heavy (non-hydrogen) atoms. The Bertz CT molecular complexity index is 464. The molecular weight excluding hydrogens is 322 g/mol. The van der Waals surface area contributed by atoms with Crippen LogP contribution in [0.25, 0.3) is 0 Å². The number of nitrogens with one attached hydrogen (secondary N) is 1. The summed E-state index contributed by atoms with van der Waals surface area (Å²) in [5, 5.41) is 1.78. The highest BCUT2D eigenvalue weighted by molar-refractivity contribution is 9.10. The first-order valence-corrected chi connectivity index (χ1v) is 9.01. The molecule has 1 heterocycles. The molecule has 0 radical (unpaired) electrons. The monoisotopic (exact) mass is 337 g/mol. The van der Waals surface area contributed by atoms with Crippen molar-refractivity contribution in [3.63, 3.8) is 0 Å². The normalized spacial score (nSPS) is 18.4. The van der Waals surface area contributed by atoms with Crippen LogP contribution in [0.5, 0.6) is 0 Å². The zero-order valence-corrected chi connectivity index (χ0v) is 12.7. The van der Waals surface area contributed by atoms with Crippen LogP contribution in [0, 0.1) is 0 Å². The van der Waals surface area contributed by atoms with E-state index in [-0.39, 0.29) is 5.25 Å². The summed E-state index contributed by atoms with van der Waals surface area (Å²) >= 11 is 4.93. The molecule has 3 nitrogen and oxygen atoms in total. The Hall–Kier alpha value is 0.0900. The number of rotatable bonds is 4. The van der Waals surface area contributed by atoms with Crippen LogP contribution in [0.4, 0.5) is 0 Å². The molecule has 1 aromatic rings. The minimum Gasteiger partial charge on any atom is -0.212 e. The van der Waals surface area contributed by atoms with Gasteiger partial charge in [0.15, 0.2) is 0 Å². The van der Waals surface area contributed by atoms with Gasteiger partial charge in [0.1, 0.15) is 0 Å². The maximum Gasteiger partial charge on any atom is 0.214 e. The van der Waals surface area contributed by atoms with E-state index in [2.05, 4.69) is 20.7 Å². The molecule has 1 saturated carbocycles. The van der Waals surface area contributed by atoms with E-state index < -0.39 is 10.0 Å². The van der Waals surface area contributed by atoms with E-state index in [1.807, 2.05) is 11.4 Å². The quantitative estimate of drug-likeness (QED) is 0.916. The number of thiophene rings is 1. The molecular formula is C11H16BrNO2S2. The van der Waals surface area contributed by atoms with Crippen molar-refractivity contribution in [2.24, 2.45) is 0 Å². The van der Waals surface area contributed by atoms with E-state index in [1.165, 1.54) is 6.42 Å². The van der Waals surface area contributed by atoms with E-state index in [1.54, 1.807) is 11.3 Å². The van der Waals surface area contributed by atoms with Crippen molar-refractivity contribution in [3.05, 3.63) is 20.8 Å². The molecule has 0 unspecified atom stereocenters. The molecule has 1 aliphatic rings. The summed E-state index contributed by atoms with van der Waals surface area (Å²) in [5.41, 5.74) is 0. The lowest BCUT2D eigenvalue weighted by molar-refractivity contribution is 0.477. The highest BCUT2D eigenvalue weighted by Crippen LogP contribution is 2.24. The van der Waals surface area contributed by atoms with Crippen molar-refractivity contribution in [2.75, 3.05) is 0 Å². The smallest absolute Gasteiger partial charge is 0.212 e. The van der Waals surface area contributed by atoms with E-state index in [4.69, 9.17) is 0 Å². The predicted molar refractivity (Wildman–Crippen MR) is 74.7 cm³/mol. The third-order valence-electron chi connectivity index (χ3n) is 3.06. The van der Waals surface area contributed by atoms with Gasteiger partial charge in [-0.1, -0.05) is 19.3 Å².